The zero-order valence-electron chi connectivity index (χ0n) is 11.1. The Morgan fingerprint density at radius 2 is 2.22 bits per heavy atom. The van der Waals surface area contributed by atoms with Crippen molar-refractivity contribution in [1.29, 1.82) is 0 Å². The Bertz CT molecular complexity index is 505. The summed E-state index contributed by atoms with van der Waals surface area (Å²) in [7, 11) is 2.10. The largest absolute Gasteiger partial charge is 0.478 e. The molecule has 1 heterocycles. The molecule has 0 aliphatic carbocycles. The van der Waals surface area contributed by atoms with Gasteiger partial charge in [-0.3, -0.25) is 0 Å². The van der Waals surface area contributed by atoms with Crippen LogP contribution in [0.4, 0.5) is 5.69 Å². The van der Waals surface area contributed by atoms with Gasteiger partial charge < -0.3 is 10.0 Å². The molecule has 1 unspecified atom stereocenters. The first kappa shape index (κ1) is 12.7. The number of aliphatic carboxylic acids is 1. The first-order chi connectivity index (χ1) is 8.49. The van der Waals surface area contributed by atoms with Gasteiger partial charge in [0.05, 0.1) is 0 Å². The van der Waals surface area contributed by atoms with Crippen molar-refractivity contribution in [1.82, 2.24) is 0 Å². The summed E-state index contributed by atoms with van der Waals surface area (Å²) >= 11 is 0. The summed E-state index contributed by atoms with van der Waals surface area (Å²) in [5, 5.41) is 8.79. The molecule has 0 aromatic heterocycles. The molecule has 1 N–H and O–H groups in total. The molecule has 1 aliphatic heterocycles. The number of rotatable bonds is 2. The summed E-state index contributed by atoms with van der Waals surface area (Å²) in [6, 6.07) is 6.23. The second-order valence-electron chi connectivity index (χ2n) is 5.05. The molecule has 18 heavy (non-hydrogen) atoms. The molecular weight excluding hydrogens is 226 g/mol. The van der Waals surface area contributed by atoms with E-state index in [9.17, 15) is 4.79 Å². The van der Waals surface area contributed by atoms with Crippen molar-refractivity contribution in [2.24, 2.45) is 0 Å². The SMILES string of the molecule is CC(=CC(=O)O)c1ccc2c(c1)C(C)CCN2C. The van der Waals surface area contributed by atoms with Gasteiger partial charge in [0.15, 0.2) is 0 Å². The highest BCUT2D eigenvalue weighted by atomic mass is 16.4. The molecule has 0 bridgehead atoms. The lowest BCUT2D eigenvalue weighted by Crippen LogP contribution is -2.26. The number of benzene rings is 1. The van der Waals surface area contributed by atoms with Crippen LogP contribution in [0.3, 0.4) is 0 Å². The van der Waals surface area contributed by atoms with Crippen LogP contribution in [0.25, 0.3) is 5.57 Å². The molecule has 2 rings (SSSR count). The van der Waals surface area contributed by atoms with Gasteiger partial charge in [0.25, 0.3) is 0 Å². The number of carboxylic acid groups (broad SMARTS) is 1. The predicted molar refractivity (Wildman–Crippen MR) is 74.0 cm³/mol. The Balaban J connectivity index is 2.43. The molecule has 1 aliphatic rings. The Morgan fingerprint density at radius 1 is 1.50 bits per heavy atom. The fourth-order valence-electron chi connectivity index (χ4n) is 2.47. The number of fused-ring (bicyclic) bond motifs is 1. The smallest absolute Gasteiger partial charge is 0.328 e. The normalized spacial score (nSPS) is 19.6. The third-order valence-corrected chi connectivity index (χ3v) is 3.66. The Labute approximate surface area is 108 Å². The minimum absolute atomic E-state index is 0.536. The lowest BCUT2D eigenvalue weighted by atomic mass is 9.89. The number of hydrogen-bond acceptors (Lipinski definition) is 2. The quantitative estimate of drug-likeness (QED) is 0.814. The van der Waals surface area contributed by atoms with E-state index in [1.165, 1.54) is 17.3 Å². The van der Waals surface area contributed by atoms with Crippen LogP contribution in [0.5, 0.6) is 0 Å². The maximum absolute atomic E-state index is 10.7. The number of nitrogens with zero attached hydrogens (tertiary/aromatic N) is 1. The van der Waals surface area contributed by atoms with E-state index in [0.717, 1.165) is 24.1 Å². The Morgan fingerprint density at radius 3 is 2.89 bits per heavy atom. The first-order valence-electron chi connectivity index (χ1n) is 6.25. The molecule has 0 radical (unpaired) electrons. The number of allylic oxidation sites excluding steroid dienone is 1. The van der Waals surface area contributed by atoms with Crippen molar-refractivity contribution in [3.8, 4) is 0 Å². The summed E-state index contributed by atoms with van der Waals surface area (Å²) in [6.45, 7) is 5.15. The van der Waals surface area contributed by atoms with Crippen molar-refractivity contribution in [2.45, 2.75) is 26.2 Å². The van der Waals surface area contributed by atoms with Crippen molar-refractivity contribution >= 4 is 17.2 Å². The van der Waals surface area contributed by atoms with Gasteiger partial charge in [-0.05, 0) is 48.1 Å². The van der Waals surface area contributed by atoms with Gasteiger partial charge in [0.2, 0.25) is 0 Å². The minimum atomic E-state index is -0.893. The number of anilines is 1. The van der Waals surface area contributed by atoms with Crippen LogP contribution in [0.1, 0.15) is 37.3 Å². The second-order valence-corrected chi connectivity index (χ2v) is 5.05. The highest BCUT2D eigenvalue weighted by Crippen LogP contribution is 2.35. The fraction of sp³-hybridized carbons (Fsp3) is 0.400. The van der Waals surface area contributed by atoms with E-state index in [1.54, 1.807) is 0 Å². The van der Waals surface area contributed by atoms with Crippen LogP contribution in [0.15, 0.2) is 24.3 Å². The van der Waals surface area contributed by atoms with Crippen LogP contribution >= 0.6 is 0 Å². The molecule has 0 spiro atoms. The third-order valence-electron chi connectivity index (χ3n) is 3.66. The van der Waals surface area contributed by atoms with Gasteiger partial charge in [-0.25, -0.2) is 4.79 Å². The van der Waals surface area contributed by atoms with Crippen LogP contribution in [0.2, 0.25) is 0 Å². The lowest BCUT2D eigenvalue weighted by molar-refractivity contribution is -0.131. The molecule has 96 valence electrons. The van der Waals surface area contributed by atoms with Crippen molar-refractivity contribution in [2.75, 3.05) is 18.5 Å². The van der Waals surface area contributed by atoms with Crippen LogP contribution in [-0.4, -0.2) is 24.7 Å². The van der Waals surface area contributed by atoms with Crippen molar-refractivity contribution in [3.05, 3.63) is 35.4 Å². The van der Waals surface area contributed by atoms with Gasteiger partial charge in [-0.1, -0.05) is 13.0 Å². The van der Waals surface area contributed by atoms with E-state index in [0.29, 0.717) is 5.92 Å². The summed E-state index contributed by atoms with van der Waals surface area (Å²) in [5.41, 5.74) is 4.38. The molecule has 3 nitrogen and oxygen atoms in total. The molecule has 1 atom stereocenters. The zero-order valence-corrected chi connectivity index (χ0v) is 11.1. The van der Waals surface area contributed by atoms with Gasteiger partial charge in [0.1, 0.15) is 0 Å². The highest BCUT2D eigenvalue weighted by Gasteiger charge is 2.20. The van der Waals surface area contributed by atoms with E-state index in [4.69, 9.17) is 5.11 Å². The van der Waals surface area contributed by atoms with Gasteiger partial charge >= 0.3 is 5.97 Å². The number of hydrogen-bond donors (Lipinski definition) is 1. The summed E-state index contributed by atoms with van der Waals surface area (Å²) < 4.78 is 0. The molecule has 1 aromatic rings. The number of carboxylic acids is 1. The topological polar surface area (TPSA) is 40.5 Å². The van der Waals surface area contributed by atoms with E-state index in [1.807, 2.05) is 13.0 Å². The van der Waals surface area contributed by atoms with Crippen LogP contribution < -0.4 is 4.90 Å². The van der Waals surface area contributed by atoms with Gasteiger partial charge in [-0.15, -0.1) is 0 Å². The van der Waals surface area contributed by atoms with E-state index in [2.05, 4.69) is 31.0 Å². The molecule has 0 amide bonds. The molecule has 1 aromatic carbocycles. The average molecular weight is 245 g/mol. The fourth-order valence-corrected chi connectivity index (χ4v) is 2.47. The molecule has 0 fully saturated rings. The van der Waals surface area contributed by atoms with Crippen LogP contribution in [0, 0.1) is 0 Å². The molecule has 0 saturated heterocycles. The van der Waals surface area contributed by atoms with Gasteiger partial charge in [0, 0.05) is 25.4 Å². The van der Waals surface area contributed by atoms with E-state index < -0.39 is 5.97 Å². The monoisotopic (exact) mass is 245 g/mol. The number of carbonyl (C=O) groups is 1. The van der Waals surface area contributed by atoms with Crippen LogP contribution in [-0.2, 0) is 4.79 Å². The summed E-state index contributed by atoms with van der Waals surface area (Å²) in [4.78, 5) is 13.0. The molecular formula is C15H19NO2. The second kappa shape index (κ2) is 4.84. The van der Waals surface area contributed by atoms with Gasteiger partial charge in [-0.2, -0.15) is 0 Å². The standard InChI is InChI=1S/C15H19NO2/c1-10-6-7-16(3)14-5-4-12(9-13(10)14)11(2)8-15(17)18/h4-5,8-10H,6-7H2,1-3H3,(H,17,18). The lowest BCUT2D eigenvalue weighted by Gasteiger charge is -2.32. The minimum Gasteiger partial charge on any atom is -0.478 e. The first-order valence-corrected chi connectivity index (χ1v) is 6.25. The van der Waals surface area contributed by atoms with E-state index in [-0.39, 0.29) is 0 Å². The highest BCUT2D eigenvalue weighted by molar-refractivity contribution is 5.89. The van der Waals surface area contributed by atoms with Crippen molar-refractivity contribution < 1.29 is 9.90 Å². The molecule has 0 saturated carbocycles. The predicted octanol–water partition coefficient (Wildman–Crippen LogP) is 3.12. The Hall–Kier alpha value is -1.77. The summed E-state index contributed by atoms with van der Waals surface area (Å²) in [5.74, 6) is -0.357. The maximum Gasteiger partial charge on any atom is 0.328 e. The zero-order chi connectivity index (χ0) is 13.3. The Kier molecular flexibility index (Phi) is 3.41. The van der Waals surface area contributed by atoms with Crippen molar-refractivity contribution in [3.63, 3.8) is 0 Å². The van der Waals surface area contributed by atoms with E-state index >= 15 is 0 Å². The summed E-state index contributed by atoms with van der Waals surface area (Å²) in [6.07, 6.45) is 2.41. The average Bonchev–Trinajstić information content (AvgIpc) is 2.33. The molecule has 3 heteroatoms. The third kappa shape index (κ3) is 2.40. The maximum atomic E-state index is 10.7.